The van der Waals surface area contributed by atoms with Crippen molar-refractivity contribution in [3.8, 4) is 5.75 Å². The van der Waals surface area contributed by atoms with Gasteiger partial charge in [-0.25, -0.2) is 0 Å². The molecule has 1 fully saturated rings. The molecule has 88 valence electrons. The molecule has 3 heteroatoms. The summed E-state index contributed by atoms with van der Waals surface area (Å²) >= 11 is 0. The standard InChI is InChI=1S/C13H20N2O/c1-3-15-8-7-14-13(10-15)11-5-4-6-12(9-11)16-2/h4-6,9,13-14H,3,7-8,10H2,1-2H3/t13-/m0/s1. The van der Waals surface area contributed by atoms with Crippen LogP contribution < -0.4 is 10.1 Å². The number of hydrogen-bond acceptors (Lipinski definition) is 3. The van der Waals surface area contributed by atoms with Crippen molar-refractivity contribution < 1.29 is 4.74 Å². The molecule has 0 aromatic heterocycles. The monoisotopic (exact) mass is 220 g/mol. The summed E-state index contributed by atoms with van der Waals surface area (Å²) in [7, 11) is 1.71. The largest absolute Gasteiger partial charge is 0.497 e. The van der Waals surface area contributed by atoms with Crippen LogP contribution in [0.1, 0.15) is 18.5 Å². The smallest absolute Gasteiger partial charge is 0.119 e. The third-order valence-electron chi connectivity index (χ3n) is 3.20. The molecule has 1 heterocycles. The van der Waals surface area contributed by atoms with Crippen LogP contribution in [0, 0.1) is 0 Å². The topological polar surface area (TPSA) is 24.5 Å². The van der Waals surface area contributed by atoms with Crippen molar-refractivity contribution >= 4 is 0 Å². The van der Waals surface area contributed by atoms with Gasteiger partial charge in [0.2, 0.25) is 0 Å². The number of nitrogens with zero attached hydrogens (tertiary/aromatic N) is 1. The molecule has 2 rings (SSSR count). The fourth-order valence-electron chi connectivity index (χ4n) is 2.18. The van der Waals surface area contributed by atoms with E-state index >= 15 is 0 Å². The number of benzene rings is 1. The summed E-state index contributed by atoms with van der Waals surface area (Å²) in [4.78, 5) is 2.47. The lowest BCUT2D eigenvalue weighted by Crippen LogP contribution is -2.45. The Bertz CT molecular complexity index is 340. The van der Waals surface area contributed by atoms with E-state index in [9.17, 15) is 0 Å². The summed E-state index contributed by atoms with van der Waals surface area (Å²) in [5.41, 5.74) is 1.32. The second-order valence-electron chi connectivity index (χ2n) is 4.18. The molecule has 16 heavy (non-hydrogen) atoms. The third kappa shape index (κ3) is 2.54. The second kappa shape index (κ2) is 5.32. The molecular formula is C13H20N2O. The molecular weight excluding hydrogens is 200 g/mol. The number of nitrogens with one attached hydrogen (secondary N) is 1. The van der Waals surface area contributed by atoms with Gasteiger partial charge in [-0.3, -0.25) is 0 Å². The highest BCUT2D eigenvalue weighted by molar-refractivity contribution is 5.31. The maximum absolute atomic E-state index is 5.26. The van der Waals surface area contributed by atoms with Crippen LogP contribution in [0.15, 0.2) is 24.3 Å². The zero-order valence-electron chi connectivity index (χ0n) is 10.1. The predicted octanol–water partition coefficient (Wildman–Crippen LogP) is 1.66. The summed E-state index contributed by atoms with van der Waals surface area (Å²) < 4.78 is 5.26. The molecule has 1 aliphatic heterocycles. The van der Waals surface area contributed by atoms with Crippen LogP contribution in [0.3, 0.4) is 0 Å². The van der Waals surface area contributed by atoms with E-state index in [1.54, 1.807) is 7.11 Å². The Labute approximate surface area is 97.4 Å². The summed E-state index contributed by atoms with van der Waals surface area (Å²) in [6, 6.07) is 8.77. The first kappa shape index (κ1) is 11.4. The minimum Gasteiger partial charge on any atom is -0.497 e. The Kier molecular flexibility index (Phi) is 3.80. The highest BCUT2D eigenvalue weighted by atomic mass is 16.5. The van der Waals surface area contributed by atoms with Gasteiger partial charge in [0, 0.05) is 25.7 Å². The first-order chi connectivity index (χ1) is 7.83. The lowest BCUT2D eigenvalue weighted by Gasteiger charge is -2.33. The molecule has 0 amide bonds. The van der Waals surface area contributed by atoms with Gasteiger partial charge in [-0.15, -0.1) is 0 Å². The van der Waals surface area contributed by atoms with Crippen molar-refractivity contribution in [2.45, 2.75) is 13.0 Å². The quantitative estimate of drug-likeness (QED) is 0.838. The van der Waals surface area contributed by atoms with Crippen LogP contribution in [0.2, 0.25) is 0 Å². The van der Waals surface area contributed by atoms with Gasteiger partial charge < -0.3 is 15.0 Å². The van der Waals surface area contributed by atoms with Crippen molar-refractivity contribution in [2.24, 2.45) is 0 Å². The molecule has 1 aromatic carbocycles. The number of ether oxygens (including phenoxy) is 1. The van der Waals surface area contributed by atoms with E-state index in [4.69, 9.17) is 4.74 Å². The van der Waals surface area contributed by atoms with Crippen LogP contribution >= 0.6 is 0 Å². The molecule has 0 radical (unpaired) electrons. The number of methoxy groups -OCH3 is 1. The summed E-state index contributed by atoms with van der Waals surface area (Å²) in [6.07, 6.45) is 0. The van der Waals surface area contributed by atoms with Gasteiger partial charge in [0.15, 0.2) is 0 Å². The van der Waals surface area contributed by atoms with E-state index in [0.717, 1.165) is 31.9 Å². The number of hydrogen-bond donors (Lipinski definition) is 1. The van der Waals surface area contributed by atoms with Gasteiger partial charge in [0.1, 0.15) is 5.75 Å². The van der Waals surface area contributed by atoms with Crippen molar-refractivity contribution in [2.75, 3.05) is 33.3 Å². The summed E-state index contributed by atoms with van der Waals surface area (Å²) in [6.45, 7) is 6.65. The third-order valence-corrected chi connectivity index (χ3v) is 3.20. The second-order valence-corrected chi connectivity index (χ2v) is 4.18. The van der Waals surface area contributed by atoms with Crippen LogP contribution in [-0.4, -0.2) is 38.2 Å². The lowest BCUT2D eigenvalue weighted by atomic mass is 10.0. The van der Waals surface area contributed by atoms with E-state index in [-0.39, 0.29) is 0 Å². The number of rotatable bonds is 3. The Balaban J connectivity index is 2.10. The van der Waals surface area contributed by atoms with Gasteiger partial charge in [0.05, 0.1) is 7.11 Å². The van der Waals surface area contributed by atoms with E-state index < -0.39 is 0 Å². The molecule has 0 bridgehead atoms. The normalized spacial score (nSPS) is 22.0. The number of likely N-dealkylation sites (N-methyl/N-ethyl adjacent to an activating group) is 1. The molecule has 3 nitrogen and oxygen atoms in total. The Hall–Kier alpha value is -1.06. The highest BCUT2D eigenvalue weighted by Gasteiger charge is 2.19. The molecule has 0 aliphatic carbocycles. The van der Waals surface area contributed by atoms with Crippen molar-refractivity contribution in [3.63, 3.8) is 0 Å². The Morgan fingerprint density at radius 1 is 1.50 bits per heavy atom. The fourth-order valence-corrected chi connectivity index (χ4v) is 2.18. The van der Waals surface area contributed by atoms with Crippen LogP contribution in [0.25, 0.3) is 0 Å². The van der Waals surface area contributed by atoms with E-state index in [2.05, 4.69) is 35.3 Å². The number of piperazine rings is 1. The van der Waals surface area contributed by atoms with Gasteiger partial charge in [-0.1, -0.05) is 19.1 Å². The lowest BCUT2D eigenvalue weighted by molar-refractivity contribution is 0.210. The van der Waals surface area contributed by atoms with Gasteiger partial charge in [0.25, 0.3) is 0 Å². The summed E-state index contributed by atoms with van der Waals surface area (Å²) in [5.74, 6) is 0.938. The van der Waals surface area contributed by atoms with Crippen LogP contribution in [-0.2, 0) is 0 Å². The Morgan fingerprint density at radius 3 is 3.12 bits per heavy atom. The molecule has 0 unspecified atom stereocenters. The van der Waals surface area contributed by atoms with E-state index in [0.29, 0.717) is 6.04 Å². The zero-order chi connectivity index (χ0) is 11.4. The predicted molar refractivity (Wildman–Crippen MR) is 65.9 cm³/mol. The minimum atomic E-state index is 0.434. The van der Waals surface area contributed by atoms with Gasteiger partial charge in [-0.05, 0) is 24.2 Å². The van der Waals surface area contributed by atoms with Crippen LogP contribution in [0.4, 0.5) is 0 Å². The first-order valence-electron chi connectivity index (χ1n) is 5.93. The first-order valence-corrected chi connectivity index (χ1v) is 5.93. The molecule has 1 atom stereocenters. The average Bonchev–Trinajstić information content (AvgIpc) is 2.39. The SMILES string of the molecule is CCN1CCN[C@H](c2cccc(OC)c2)C1. The molecule has 1 aliphatic rings. The molecule has 0 saturated carbocycles. The van der Waals surface area contributed by atoms with Gasteiger partial charge in [-0.2, -0.15) is 0 Å². The molecule has 0 spiro atoms. The van der Waals surface area contributed by atoms with Crippen molar-refractivity contribution in [1.29, 1.82) is 0 Å². The van der Waals surface area contributed by atoms with Crippen molar-refractivity contribution in [3.05, 3.63) is 29.8 Å². The van der Waals surface area contributed by atoms with Gasteiger partial charge >= 0.3 is 0 Å². The minimum absolute atomic E-state index is 0.434. The van der Waals surface area contributed by atoms with Crippen molar-refractivity contribution in [1.82, 2.24) is 10.2 Å². The van der Waals surface area contributed by atoms with E-state index in [1.807, 2.05) is 6.07 Å². The fraction of sp³-hybridized carbons (Fsp3) is 0.538. The van der Waals surface area contributed by atoms with Crippen LogP contribution in [0.5, 0.6) is 5.75 Å². The maximum Gasteiger partial charge on any atom is 0.119 e. The average molecular weight is 220 g/mol. The highest BCUT2D eigenvalue weighted by Crippen LogP contribution is 2.21. The molecule has 1 saturated heterocycles. The Morgan fingerprint density at radius 2 is 2.38 bits per heavy atom. The molecule has 1 aromatic rings. The van der Waals surface area contributed by atoms with E-state index in [1.165, 1.54) is 5.56 Å². The zero-order valence-corrected chi connectivity index (χ0v) is 10.1. The maximum atomic E-state index is 5.26. The summed E-state index contributed by atoms with van der Waals surface area (Å²) in [5, 5.41) is 3.55. The molecule has 1 N–H and O–H groups in total.